The van der Waals surface area contributed by atoms with Crippen molar-refractivity contribution >= 4 is 29.1 Å². The molecule has 0 N–H and O–H groups in total. The third kappa shape index (κ3) is 3.29. The number of morpholine rings is 1. The summed E-state index contributed by atoms with van der Waals surface area (Å²) in [4.78, 5) is 14.6. The molecule has 1 fully saturated rings. The molecule has 1 aliphatic rings. The van der Waals surface area contributed by atoms with Crippen molar-refractivity contribution in [2.75, 3.05) is 19.7 Å². The lowest BCUT2D eigenvalue weighted by atomic mass is 10.1. The van der Waals surface area contributed by atoms with Crippen LogP contribution in [0.5, 0.6) is 0 Å². The molecule has 3 rings (SSSR count). The summed E-state index contributed by atoms with van der Waals surface area (Å²) in [6.07, 6.45) is 1.43. The molecule has 5 nitrogen and oxygen atoms in total. The summed E-state index contributed by atoms with van der Waals surface area (Å²) in [5, 5.41) is 5.25. The second-order valence-electron chi connectivity index (χ2n) is 5.74. The van der Waals surface area contributed by atoms with E-state index in [1.165, 1.54) is 0 Å². The van der Waals surface area contributed by atoms with Gasteiger partial charge in [-0.3, -0.25) is 9.48 Å². The van der Waals surface area contributed by atoms with E-state index in [0.717, 1.165) is 17.8 Å². The molecule has 128 valence electrons. The Morgan fingerprint density at radius 2 is 2.17 bits per heavy atom. The number of carbonyl (C=O) groups excluding carboxylic acids is 1. The minimum Gasteiger partial charge on any atom is -0.370 e. The molecule has 0 aliphatic carbocycles. The molecule has 1 unspecified atom stereocenters. The highest BCUT2D eigenvalue weighted by atomic mass is 35.5. The van der Waals surface area contributed by atoms with E-state index in [2.05, 4.69) is 5.10 Å². The lowest BCUT2D eigenvalue weighted by molar-refractivity contribution is -0.0228. The molecule has 1 aromatic carbocycles. The molecule has 2 aromatic rings. The van der Waals surface area contributed by atoms with Crippen molar-refractivity contribution in [1.82, 2.24) is 14.7 Å². The first-order valence-corrected chi connectivity index (χ1v) is 8.65. The standard InChI is InChI=1S/C17H19Cl2N3O2/c1-3-22-11(2)13(9-20-22)17(23)21-6-7-24-16(10-21)12-4-5-14(18)15(19)8-12/h4-5,8-9,16H,3,6-7,10H2,1-2H3. The van der Waals surface area contributed by atoms with Crippen molar-refractivity contribution in [1.29, 1.82) is 0 Å². The van der Waals surface area contributed by atoms with Gasteiger partial charge in [-0.2, -0.15) is 5.10 Å². The normalized spacial score (nSPS) is 18.0. The fourth-order valence-electron chi connectivity index (χ4n) is 2.89. The minimum absolute atomic E-state index is 0.0134. The highest BCUT2D eigenvalue weighted by molar-refractivity contribution is 6.42. The Bertz CT molecular complexity index is 760. The Kier molecular flexibility index (Phi) is 5.13. The van der Waals surface area contributed by atoms with Gasteiger partial charge in [0.05, 0.1) is 35.0 Å². The molecule has 24 heavy (non-hydrogen) atoms. The molecule has 1 saturated heterocycles. The third-order valence-corrected chi connectivity index (χ3v) is 5.04. The molecule has 0 saturated carbocycles. The summed E-state index contributed by atoms with van der Waals surface area (Å²) in [5.74, 6) is -0.0134. The van der Waals surface area contributed by atoms with Gasteiger partial charge in [-0.05, 0) is 31.5 Å². The maximum Gasteiger partial charge on any atom is 0.257 e. The van der Waals surface area contributed by atoms with E-state index in [-0.39, 0.29) is 12.0 Å². The number of hydrogen-bond acceptors (Lipinski definition) is 3. The van der Waals surface area contributed by atoms with Gasteiger partial charge >= 0.3 is 0 Å². The number of hydrogen-bond donors (Lipinski definition) is 0. The Morgan fingerprint density at radius 1 is 1.38 bits per heavy atom. The largest absolute Gasteiger partial charge is 0.370 e. The van der Waals surface area contributed by atoms with Gasteiger partial charge in [-0.25, -0.2) is 0 Å². The highest BCUT2D eigenvalue weighted by Gasteiger charge is 2.28. The van der Waals surface area contributed by atoms with Crippen molar-refractivity contribution in [2.45, 2.75) is 26.5 Å². The van der Waals surface area contributed by atoms with E-state index < -0.39 is 0 Å². The number of nitrogens with zero attached hydrogens (tertiary/aromatic N) is 3. The number of benzene rings is 1. The highest BCUT2D eigenvalue weighted by Crippen LogP contribution is 2.29. The van der Waals surface area contributed by atoms with Gasteiger partial charge in [0.2, 0.25) is 0 Å². The summed E-state index contributed by atoms with van der Waals surface area (Å²) in [5.41, 5.74) is 2.45. The molecule has 1 amide bonds. The number of ether oxygens (including phenoxy) is 1. The van der Waals surface area contributed by atoms with Gasteiger partial charge in [0.15, 0.2) is 0 Å². The van der Waals surface area contributed by atoms with Crippen molar-refractivity contribution in [3.8, 4) is 0 Å². The number of amides is 1. The number of rotatable bonds is 3. The first-order chi connectivity index (χ1) is 11.5. The molecular formula is C17H19Cl2N3O2. The molecule has 0 radical (unpaired) electrons. The molecular weight excluding hydrogens is 349 g/mol. The predicted octanol–water partition coefficient (Wildman–Crippen LogP) is 3.73. The number of aryl methyl sites for hydroxylation is 1. The van der Waals surface area contributed by atoms with Crippen LogP contribution in [0.2, 0.25) is 10.0 Å². The Morgan fingerprint density at radius 3 is 2.83 bits per heavy atom. The number of halogens is 2. The van der Waals surface area contributed by atoms with Crippen LogP contribution < -0.4 is 0 Å². The summed E-state index contributed by atoms with van der Waals surface area (Å²) in [6, 6.07) is 5.43. The van der Waals surface area contributed by atoms with Crippen LogP contribution in [0.4, 0.5) is 0 Å². The Balaban J connectivity index is 1.78. The van der Waals surface area contributed by atoms with Crippen LogP contribution in [0.25, 0.3) is 0 Å². The van der Waals surface area contributed by atoms with Crippen molar-refractivity contribution < 1.29 is 9.53 Å². The van der Waals surface area contributed by atoms with Crippen LogP contribution in [-0.4, -0.2) is 40.3 Å². The Labute approximate surface area is 151 Å². The number of carbonyl (C=O) groups is 1. The van der Waals surface area contributed by atoms with Crippen LogP contribution in [-0.2, 0) is 11.3 Å². The first-order valence-electron chi connectivity index (χ1n) is 7.89. The number of aromatic nitrogens is 2. The Hall–Kier alpha value is -1.56. The molecule has 0 bridgehead atoms. The summed E-state index contributed by atoms with van der Waals surface area (Å²) in [7, 11) is 0. The minimum atomic E-state index is -0.209. The zero-order chi connectivity index (χ0) is 17.3. The van der Waals surface area contributed by atoms with Gasteiger partial charge in [-0.1, -0.05) is 29.3 Å². The fraction of sp³-hybridized carbons (Fsp3) is 0.412. The SMILES string of the molecule is CCn1ncc(C(=O)N2CCOC(c3ccc(Cl)c(Cl)c3)C2)c1C. The molecule has 1 aromatic heterocycles. The maximum atomic E-state index is 12.8. The second-order valence-corrected chi connectivity index (χ2v) is 6.56. The van der Waals surface area contributed by atoms with E-state index in [4.69, 9.17) is 27.9 Å². The van der Waals surface area contributed by atoms with Crippen LogP contribution in [0, 0.1) is 6.92 Å². The smallest absolute Gasteiger partial charge is 0.257 e. The summed E-state index contributed by atoms with van der Waals surface area (Å²) < 4.78 is 7.64. The van der Waals surface area contributed by atoms with Crippen LogP contribution >= 0.6 is 23.2 Å². The van der Waals surface area contributed by atoms with Gasteiger partial charge in [0, 0.05) is 18.8 Å². The van der Waals surface area contributed by atoms with E-state index in [1.54, 1.807) is 23.2 Å². The quantitative estimate of drug-likeness (QED) is 0.830. The van der Waals surface area contributed by atoms with Gasteiger partial charge in [0.1, 0.15) is 6.10 Å². The van der Waals surface area contributed by atoms with E-state index in [9.17, 15) is 4.79 Å². The van der Waals surface area contributed by atoms with E-state index in [1.807, 2.05) is 24.6 Å². The van der Waals surface area contributed by atoms with Crippen molar-refractivity contribution in [2.24, 2.45) is 0 Å². The topological polar surface area (TPSA) is 47.4 Å². The van der Waals surface area contributed by atoms with Gasteiger partial charge in [-0.15, -0.1) is 0 Å². The fourth-order valence-corrected chi connectivity index (χ4v) is 3.20. The van der Waals surface area contributed by atoms with Crippen LogP contribution in [0.3, 0.4) is 0 Å². The first kappa shape index (κ1) is 17.3. The van der Waals surface area contributed by atoms with Crippen molar-refractivity contribution in [3.05, 3.63) is 51.3 Å². The third-order valence-electron chi connectivity index (χ3n) is 4.30. The average molecular weight is 368 g/mol. The van der Waals surface area contributed by atoms with Gasteiger partial charge < -0.3 is 9.64 Å². The van der Waals surface area contributed by atoms with E-state index in [0.29, 0.717) is 35.3 Å². The van der Waals surface area contributed by atoms with Crippen LogP contribution in [0.15, 0.2) is 24.4 Å². The lowest BCUT2D eigenvalue weighted by Crippen LogP contribution is -2.42. The zero-order valence-corrected chi connectivity index (χ0v) is 15.1. The zero-order valence-electron chi connectivity index (χ0n) is 13.6. The second kappa shape index (κ2) is 7.13. The predicted molar refractivity (Wildman–Crippen MR) is 93.7 cm³/mol. The molecule has 0 spiro atoms. The molecule has 2 heterocycles. The molecule has 7 heteroatoms. The summed E-state index contributed by atoms with van der Waals surface area (Å²) >= 11 is 12.1. The monoisotopic (exact) mass is 367 g/mol. The average Bonchev–Trinajstić information content (AvgIpc) is 2.97. The van der Waals surface area contributed by atoms with Crippen molar-refractivity contribution in [3.63, 3.8) is 0 Å². The maximum absolute atomic E-state index is 12.8. The molecule has 1 aliphatic heterocycles. The van der Waals surface area contributed by atoms with Gasteiger partial charge in [0.25, 0.3) is 5.91 Å². The summed E-state index contributed by atoms with van der Waals surface area (Å²) in [6.45, 7) is 6.19. The lowest BCUT2D eigenvalue weighted by Gasteiger charge is -2.33. The van der Waals surface area contributed by atoms with Crippen LogP contribution in [0.1, 0.15) is 34.6 Å². The van der Waals surface area contributed by atoms with E-state index >= 15 is 0 Å². The molecule has 1 atom stereocenters.